The van der Waals surface area contributed by atoms with Crippen molar-refractivity contribution in [2.45, 2.75) is 33.1 Å². The van der Waals surface area contributed by atoms with E-state index in [1.807, 2.05) is 6.07 Å². The lowest BCUT2D eigenvalue weighted by atomic mass is 10.1. The van der Waals surface area contributed by atoms with Crippen LogP contribution in [0.1, 0.15) is 38.7 Å². The minimum absolute atomic E-state index is 0.0251. The summed E-state index contributed by atoms with van der Waals surface area (Å²) in [5.41, 5.74) is 0.489. The summed E-state index contributed by atoms with van der Waals surface area (Å²) in [4.78, 5) is 15.5. The monoisotopic (exact) mass is 231 g/mol. The Hall–Kier alpha value is -1.89. The van der Waals surface area contributed by atoms with Gasteiger partial charge in [0.05, 0.1) is 5.56 Å². The molecule has 1 amide bonds. The van der Waals surface area contributed by atoms with E-state index >= 15 is 0 Å². The third-order valence-corrected chi connectivity index (χ3v) is 2.35. The van der Waals surface area contributed by atoms with Gasteiger partial charge in [0.1, 0.15) is 11.9 Å². The average molecular weight is 231 g/mol. The van der Waals surface area contributed by atoms with E-state index in [0.717, 1.165) is 12.8 Å². The molecule has 0 spiro atoms. The zero-order chi connectivity index (χ0) is 12.7. The fourth-order valence-corrected chi connectivity index (χ4v) is 1.41. The van der Waals surface area contributed by atoms with Gasteiger partial charge in [0.25, 0.3) is 0 Å². The molecule has 0 aliphatic rings. The largest absolute Gasteiger partial charge is 0.311 e. The predicted octanol–water partition coefficient (Wildman–Crippen LogP) is 2.72. The summed E-state index contributed by atoms with van der Waals surface area (Å²) in [7, 11) is 0. The van der Waals surface area contributed by atoms with Crippen molar-refractivity contribution in [2.75, 3.05) is 5.32 Å². The van der Waals surface area contributed by atoms with Crippen LogP contribution in [0.25, 0.3) is 0 Å². The van der Waals surface area contributed by atoms with Crippen LogP contribution in [0.3, 0.4) is 0 Å². The summed E-state index contributed by atoms with van der Waals surface area (Å²) < 4.78 is 0. The molecule has 0 aromatic carbocycles. The molecule has 4 nitrogen and oxygen atoms in total. The number of hydrogen-bond acceptors (Lipinski definition) is 3. The Morgan fingerprint density at radius 3 is 2.82 bits per heavy atom. The van der Waals surface area contributed by atoms with E-state index < -0.39 is 0 Å². The Bertz CT molecular complexity index is 404. The number of carbonyl (C=O) groups excluding carboxylic acids is 1. The van der Waals surface area contributed by atoms with Gasteiger partial charge in [-0.05, 0) is 24.5 Å². The Morgan fingerprint density at radius 1 is 1.53 bits per heavy atom. The number of anilines is 1. The first-order valence-corrected chi connectivity index (χ1v) is 5.78. The van der Waals surface area contributed by atoms with Crippen LogP contribution in [0.2, 0.25) is 0 Å². The molecular weight excluding hydrogens is 214 g/mol. The minimum Gasteiger partial charge on any atom is -0.311 e. The topological polar surface area (TPSA) is 65.8 Å². The molecule has 0 radical (unpaired) electrons. The van der Waals surface area contributed by atoms with Crippen molar-refractivity contribution in [3.8, 4) is 6.07 Å². The van der Waals surface area contributed by atoms with Gasteiger partial charge in [0, 0.05) is 12.6 Å². The first kappa shape index (κ1) is 13.2. The van der Waals surface area contributed by atoms with Crippen molar-refractivity contribution in [1.82, 2.24) is 4.98 Å². The molecule has 1 N–H and O–H groups in total. The number of nitriles is 1. The normalized spacial score (nSPS) is 10.0. The van der Waals surface area contributed by atoms with Crippen LogP contribution >= 0.6 is 0 Å². The first-order chi connectivity index (χ1) is 8.11. The highest BCUT2D eigenvalue weighted by Gasteiger charge is 2.04. The van der Waals surface area contributed by atoms with Crippen molar-refractivity contribution in [2.24, 2.45) is 5.92 Å². The zero-order valence-corrected chi connectivity index (χ0v) is 10.2. The molecule has 90 valence electrons. The SMILES string of the molecule is CC(C)CCCC(=O)Nc1ccc(C#N)cn1. The molecule has 0 saturated heterocycles. The number of carbonyl (C=O) groups is 1. The molecule has 0 aliphatic heterocycles. The van der Waals surface area contributed by atoms with Gasteiger partial charge < -0.3 is 5.32 Å². The van der Waals surface area contributed by atoms with Crippen LogP contribution in [0.5, 0.6) is 0 Å². The quantitative estimate of drug-likeness (QED) is 0.847. The van der Waals surface area contributed by atoms with Crippen LogP contribution in [-0.4, -0.2) is 10.9 Å². The number of pyridine rings is 1. The molecule has 1 aromatic heterocycles. The van der Waals surface area contributed by atoms with E-state index in [1.165, 1.54) is 6.20 Å². The number of nitrogens with one attached hydrogen (secondary N) is 1. The molecule has 1 aromatic rings. The lowest BCUT2D eigenvalue weighted by Gasteiger charge is -2.05. The Labute approximate surface area is 102 Å². The number of rotatable bonds is 5. The Balaban J connectivity index is 2.37. The maximum atomic E-state index is 11.5. The van der Waals surface area contributed by atoms with E-state index in [-0.39, 0.29) is 5.91 Å². The molecule has 4 heteroatoms. The molecule has 0 unspecified atom stereocenters. The Morgan fingerprint density at radius 2 is 2.29 bits per heavy atom. The molecule has 17 heavy (non-hydrogen) atoms. The van der Waals surface area contributed by atoms with Gasteiger partial charge in [-0.15, -0.1) is 0 Å². The van der Waals surface area contributed by atoms with E-state index in [2.05, 4.69) is 24.1 Å². The van der Waals surface area contributed by atoms with Crippen molar-refractivity contribution in [1.29, 1.82) is 5.26 Å². The predicted molar refractivity (Wildman–Crippen MR) is 66.3 cm³/mol. The summed E-state index contributed by atoms with van der Waals surface area (Å²) in [5.74, 6) is 1.09. The summed E-state index contributed by atoms with van der Waals surface area (Å²) in [6.07, 6.45) is 3.90. The van der Waals surface area contributed by atoms with Gasteiger partial charge in [-0.3, -0.25) is 4.79 Å². The van der Waals surface area contributed by atoms with Crippen LogP contribution in [0, 0.1) is 17.2 Å². The lowest BCUT2D eigenvalue weighted by molar-refractivity contribution is -0.116. The zero-order valence-electron chi connectivity index (χ0n) is 10.2. The highest BCUT2D eigenvalue weighted by Crippen LogP contribution is 2.08. The van der Waals surface area contributed by atoms with Crippen LogP contribution < -0.4 is 5.32 Å². The third kappa shape index (κ3) is 5.12. The standard InChI is InChI=1S/C13H17N3O/c1-10(2)4-3-5-13(17)16-12-7-6-11(8-14)9-15-12/h6-7,9-10H,3-5H2,1-2H3,(H,15,16,17). The maximum Gasteiger partial charge on any atom is 0.225 e. The van der Waals surface area contributed by atoms with Crippen molar-refractivity contribution >= 4 is 11.7 Å². The maximum absolute atomic E-state index is 11.5. The lowest BCUT2D eigenvalue weighted by Crippen LogP contribution is -2.12. The number of nitrogens with zero attached hydrogens (tertiary/aromatic N) is 2. The molecule has 1 rings (SSSR count). The summed E-state index contributed by atoms with van der Waals surface area (Å²) in [6, 6.07) is 5.25. The van der Waals surface area contributed by atoms with Gasteiger partial charge in [0.2, 0.25) is 5.91 Å². The molecular formula is C13H17N3O. The second-order valence-electron chi connectivity index (χ2n) is 4.38. The van der Waals surface area contributed by atoms with E-state index in [4.69, 9.17) is 5.26 Å². The molecule has 1 heterocycles. The molecule has 0 atom stereocenters. The van der Waals surface area contributed by atoms with E-state index in [9.17, 15) is 4.79 Å². The van der Waals surface area contributed by atoms with Crippen molar-refractivity contribution < 1.29 is 4.79 Å². The number of amides is 1. The van der Waals surface area contributed by atoms with Gasteiger partial charge >= 0.3 is 0 Å². The second kappa shape index (κ2) is 6.64. The highest BCUT2D eigenvalue weighted by molar-refractivity contribution is 5.89. The molecule has 0 bridgehead atoms. The minimum atomic E-state index is -0.0251. The first-order valence-electron chi connectivity index (χ1n) is 5.78. The Kier molecular flexibility index (Phi) is 5.15. The summed E-state index contributed by atoms with van der Waals surface area (Å²) >= 11 is 0. The van der Waals surface area contributed by atoms with Gasteiger partial charge in [-0.2, -0.15) is 5.26 Å². The number of hydrogen-bond donors (Lipinski definition) is 1. The smallest absolute Gasteiger partial charge is 0.225 e. The van der Waals surface area contributed by atoms with Gasteiger partial charge in [-0.25, -0.2) is 4.98 Å². The third-order valence-electron chi connectivity index (χ3n) is 2.35. The van der Waals surface area contributed by atoms with E-state index in [0.29, 0.717) is 23.7 Å². The van der Waals surface area contributed by atoms with Gasteiger partial charge in [0.15, 0.2) is 0 Å². The van der Waals surface area contributed by atoms with Crippen molar-refractivity contribution in [3.63, 3.8) is 0 Å². The average Bonchev–Trinajstić information content (AvgIpc) is 2.29. The van der Waals surface area contributed by atoms with Gasteiger partial charge in [-0.1, -0.05) is 20.3 Å². The van der Waals surface area contributed by atoms with Crippen LogP contribution in [0.15, 0.2) is 18.3 Å². The molecule has 0 aliphatic carbocycles. The van der Waals surface area contributed by atoms with Crippen molar-refractivity contribution in [3.05, 3.63) is 23.9 Å². The number of aromatic nitrogens is 1. The van der Waals surface area contributed by atoms with Crippen LogP contribution in [0.4, 0.5) is 5.82 Å². The fourth-order valence-electron chi connectivity index (χ4n) is 1.41. The fraction of sp³-hybridized carbons (Fsp3) is 0.462. The van der Waals surface area contributed by atoms with E-state index in [1.54, 1.807) is 12.1 Å². The highest BCUT2D eigenvalue weighted by atomic mass is 16.1. The second-order valence-corrected chi connectivity index (χ2v) is 4.38. The molecule has 0 fully saturated rings. The summed E-state index contributed by atoms with van der Waals surface area (Å²) in [6.45, 7) is 4.28. The van der Waals surface area contributed by atoms with Crippen LogP contribution in [-0.2, 0) is 4.79 Å². The summed E-state index contributed by atoms with van der Waals surface area (Å²) in [5, 5.41) is 11.3. The molecule has 0 saturated carbocycles.